The molecule has 1 fully saturated rings. The molecule has 0 radical (unpaired) electrons. The number of benzene rings is 3. The van der Waals surface area contributed by atoms with Crippen LogP contribution in [0.1, 0.15) is 49.0 Å². The topological polar surface area (TPSA) is 23.5 Å². The summed E-state index contributed by atoms with van der Waals surface area (Å²) in [6, 6.07) is 31.8. The number of nitrogens with zero attached hydrogens (tertiary/aromatic N) is 1. The van der Waals surface area contributed by atoms with E-state index < -0.39 is 5.60 Å². The second-order valence-electron chi connectivity index (χ2n) is 8.71. The van der Waals surface area contributed by atoms with E-state index in [-0.39, 0.29) is 18.0 Å². The molecule has 4 rings (SSSR count). The Bertz CT molecular complexity index is 909. The van der Waals surface area contributed by atoms with E-state index in [2.05, 4.69) is 98.6 Å². The summed E-state index contributed by atoms with van der Waals surface area (Å²) in [4.78, 5) is 2.48. The molecule has 1 saturated heterocycles. The first-order valence-corrected chi connectivity index (χ1v) is 10.6. The second-order valence-corrected chi connectivity index (χ2v) is 8.71. The Morgan fingerprint density at radius 1 is 0.793 bits per heavy atom. The molecular weight excluding hydrogens is 354 g/mol. The lowest BCUT2D eigenvalue weighted by Crippen LogP contribution is -2.53. The molecule has 4 atom stereocenters. The summed E-state index contributed by atoms with van der Waals surface area (Å²) < 4.78 is 0. The van der Waals surface area contributed by atoms with Gasteiger partial charge in [-0.25, -0.2) is 0 Å². The van der Waals surface area contributed by atoms with Crippen LogP contribution in [-0.4, -0.2) is 17.1 Å². The van der Waals surface area contributed by atoms with Crippen molar-refractivity contribution in [2.24, 2.45) is 11.8 Å². The van der Waals surface area contributed by atoms with Gasteiger partial charge < -0.3 is 5.11 Å². The minimum Gasteiger partial charge on any atom is -0.385 e. The third kappa shape index (κ3) is 3.63. The van der Waals surface area contributed by atoms with Gasteiger partial charge in [-0.1, -0.05) is 105 Å². The maximum Gasteiger partial charge on any atom is 0.0963 e. The summed E-state index contributed by atoms with van der Waals surface area (Å²) in [5.41, 5.74) is 2.65. The molecule has 0 amide bonds. The van der Waals surface area contributed by atoms with Gasteiger partial charge in [-0.15, -0.1) is 0 Å². The Balaban J connectivity index is 1.90. The maximum atomic E-state index is 12.3. The molecule has 1 N–H and O–H groups in total. The Morgan fingerprint density at radius 3 is 1.79 bits per heavy atom. The quantitative estimate of drug-likeness (QED) is 0.598. The first kappa shape index (κ1) is 19.9. The van der Waals surface area contributed by atoms with E-state index in [1.807, 2.05) is 18.2 Å². The number of piperidine rings is 1. The molecule has 3 aromatic rings. The Labute approximate surface area is 174 Å². The lowest BCUT2D eigenvalue weighted by molar-refractivity contribution is -0.142. The number of likely N-dealkylation sites (tertiary alicyclic amines) is 1. The monoisotopic (exact) mass is 385 g/mol. The van der Waals surface area contributed by atoms with Crippen molar-refractivity contribution in [3.8, 4) is 0 Å². The molecule has 1 heterocycles. The molecule has 29 heavy (non-hydrogen) atoms. The zero-order valence-corrected chi connectivity index (χ0v) is 17.6. The van der Waals surface area contributed by atoms with Crippen molar-refractivity contribution < 1.29 is 5.11 Å². The normalized spacial score (nSPS) is 27.8. The molecule has 0 unspecified atom stereocenters. The van der Waals surface area contributed by atoms with Gasteiger partial charge in [0, 0.05) is 24.4 Å². The summed E-state index contributed by atoms with van der Waals surface area (Å²) in [5, 5.41) is 12.3. The third-order valence-corrected chi connectivity index (χ3v) is 6.64. The lowest BCUT2D eigenvalue weighted by Gasteiger charge is -2.55. The van der Waals surface area contributed by atoms with Crippen LogP contribution in [0.5, 0.6) is 0 Å². The van der Waals surface area contributed by atoms with Crippen molar-refractivity contribution in [2.45, 2.75) is 38.0 Å². The highest BCUT2D eigenvalue weighted by atomic mass is 16.3. The number of rotatable bonds is 4. The van der Waals surface area contributed by atoms with Gasteiger partial charge in [0.05, 0.1) is 5.60 Å². The van der Waals surface area contributed by atoms with Crippen molar-refractivity contribution in [3.05, 3.63) is 108 Å². The van der Waals surface area contributed by atoms with Crippen LogP contribution in [-0.2, 0) is 5.60 Å². The van der Waals surface area contributed by atoms with Crippen LogP contribution in [0.2, 0.25) is 0 Å². The average molecular weight is 386 g/mol. The molecule has 0 saturated carbocycles. The van der Waals surface area contributed by atoms with Gasteiger partial charge in [0.15, 0.2) is 0 Å². The summed E-state index contributed by atoms with van der Waals surface area (Å²) in [6.45, 7) is 4.48. The van der Waals surface area contributed by atoms with Crippen LogP contribution >= 0.6 is 0 Å². The lowest BCUT2D eigenvalue weighted by atomic mass is 9.63. The van der Waals surface area contributed by atoms with Crippen LogP contribution in [0.15, 0.2) is 91.0 Å². The number of hydrogen-bond donors (Lipinski definition) is 1. The predicted molar refractivity (Wildman–Crippen MR) is 119 cm³/mol. The summed E-state index contributed by atoms with van der Waals surface area (Å²) in [5.74, 6) is 0.404. The Hall–Kier alpha value is -2.42. The standard InChI is InChI=1S/C27H31NO/c1-20(2)25-26(22-15-9-5-10-16-22)28(3)24(21-13-7-4-8-14-21)19-27(25,29)23-17-11-6-12-18-23/h4-18,20,24-26,29H,19H2,1-3H3/t24-,25+,26+,27-/m0/s1. The van der Waals surface area contributed by atoms with Gasteiger partial charge in [0.2, 0.25) is 0 Å². The zero-order chi connectivity index (χ0) is 20.4. The highest BCUT2D eigenvalue weighted by Crippen LogP contribution is 2.55. The van der Waals surface area contributed by atoms with Crippen molar-refractivity contribution >= 4 is 0 Å². The van der Waals surface area contributed by atoms with Crippen LogP contribution < -0.4 is 0 Å². The molecule has 0 aliphatic carbocycles. The minimum atomic E-state index is -0.900. The fourth-order valence-electron chi connectivity index (χ4n) is 5.36. The smallest absolute Gasteiger partial charge is 0.0963 e. The van der Waals surface area contributed by atoms with E-state index in [0.29, 0.717) is 12.3 Å². The summed E-state index contributed by atoms with van der Waals surface area (Å²) in [6.07, 6.45) is 0.684. The zero-order valence-electron chi connectivity index (χ0n) is 17.6. The maximum absolute atomic E-state index is 12.3. The third-order valence-electron chi connectivity index (χ3n) is 6.64. The average Bonchev–Trinajstić information content (AvgIpc) is 2.76. The molecule has 1 aliphatic rings. The molecule has 0 spiro atoms. The van der Waals surface area contributed by atoms with Crippen molar-refractivity contribution in [1.82, 2.24) is 4.90 Å². The van der Waals surface area contributed by atoms with E-state index in [1.165, 1.54) is 11.1 Å². The molecule has 150 valence electrons. The highest BCUT2D eigenvalue weighted by molar-refractivity contribution is 5.32. The fourth-order valence-corrected chi connectivity index (χ4v) is 5.36. The van der Waals surface area contributed by atoms with Crippen molar-refractivity contribution in [3.63, 3.8) is 0 Å². The summed E-state index contributed by atoms with van der Waals surface area (Å²) >= 11 is 0. The van der Waals surface area contributed by atoms with Gasteiger partial charge in [0.25, 0.3) is 0 Å². The highest BCUT2D eigenvalue weighted by Gasteiger charge is 2.52. The molecule has 1 aliphatic heterocycles. The first-order valence-electron chi connectivity index (χ1n) is 10.6. The molecule has 0 aromatic heterocycles. The van der Waals surface area contributed by atoms with Crippen LogP contribution in [0.4, 0.5) is 0 Å². The largest absolute Gasteiger partial charge is 0.385 e. The molecule has 2 heteroatoms. The second kappa shape index (κ2) is 8.14. The minimum absolute atomic E-state index is 0.0808. The van der Waals surface area contributed by atoms with Gasteiger partial charge in [-0.3, -0.25) is 4.90 Å². The number of aliphatic hydroxyl groups is 1. The fraction of sp³-hybridized carbons (Fsp3) is 0.333. The predicted octanol–water partition coefficient (Wildman–Crippen LogP) is 5.96. The van der Waals surface area contributed by atoms with Crippen molar-refractivity contribution in [1.29, 1.82) is 0 Å². The van der Waals surface area contributed by atoms with Crippen molar-refractivity contribution in [2.75, 3.05) is 7.05 Å². The van der Waals surface area contributed by atoms with E-state index in [4.69, 9.17) is 0 Å². The SMILES string of the molecule is CC(C)[C@@H]1[C@@H](c2ccccc2)N(C)[C@H](c2ccccc2)C[C@]1(O)c1ccccc1. The van der Waals surface area contributed by atoms with Gasteiger partial charge in [0.1, 0.15) is 0 Å². The first-order chi connectivity index (χ1) is 14.0. The van der Waals surface area contributed by atoms with E-state index in [9.17, 15) is 5.11 Å². The van der Waals surface area contributed by atoms with Gasteiger partial charge in [-0.2, -0.15) is 0 Å². The Kier molecular flexibility index (Phi) is 5.58. The van der Waals surface area contributed by atoms with E-state index >= 15 is 0 Å². The van der Waals surface area contributed by atoms with Crippen LogP contribution in [0.3, 0.4) is 0 Å². The molecule has 2 nitrogen and oxygen atoms in total. The van der Waals surface area contributed by atoms with Gasteiger partial charge >= 0.3 is 0 Å². The molecule has 3 aromatic carbocycles. The molecule has 0 bridgehead atoms. The van der Waals surface area contributed by atoms with Gasteiger partial charge in [-0.05, 0) is 29.7 Å². The van der Waals surface area contributed by atoms with Crippen LogP contribution in [0, 0.1) is 11.8 Å². The number of hydrogen-bond acceptors (Lipinski definition) is 2. The summed E-state index contributed by atoms with van der Waals surface area (Å²) in [7, 11) is 2.22. The van der Waals surface area contributed by atoms with E-state index in [1.54, 1.807) is 0 Å². The van der Waals surface area contributed by atoms with E-state index in [0.717, 1.165) is 5.56 Å². The van der Waals surface area contributed by atoms with Crippen LogP contribution in [0.25, 0.3) is 0 Å². The molecular formula is C27H31NO. The Morgan fingerprint density at radius 2 is 1.28 bits per heavy atom.